The molecule has 0 aliphatic heterocycles. The van der Waals surface area contributed by atoms with Crippen molar-refractivity contribution in [3.8, 4) is 0 Å². The van der Waals surface area contributed by atoms with E-state index in [-0.39, 0.29) is 5.97 Å². The van der Waals surface area contributed by atoms with Gasteiger partial charge >= 0.3 is 5.97 Å². The third kappa shape index (κ3) is 5.03. The molecule has 0 fully saturated rings. The fourth-order valence-electron chi connectivity index (χ4n) is 1.97. The third-order valence-electron chi connectivity index (χ3n) is 3.41. The van der Waals surface area contributed by atoms with Crippen LogP contribution in [0.5, 0.6) is 0 Å². The van der Waals surface area contributed by atoms with Crippen LogP contribution in [0.1, 0.15) is 42.9 Å². The Labute approximate surface area is 116 Å². The lowest BCUT2D eigenvalue weighted by molar-refractivity contribution is -0.140. The summed E-state index contributed by atoms with van der Waals surface area (Å²) < 4.78 is 4.66. The Bertz CT molecular complexity index is 427. The number of benzene rings is 1. The van der Waals surface area contributed by atoms with E-state index in [2.05, 4.69) is 48.6 Å². The summed E-state index contributed by atoms with van der Waals surface area (Å²) in [7, 11) is 3.46. The first-order valence-corrected chi connectivity index (χ1v) is 6.78. The average Bonchev–Trinajstić information content (AvgIpc) is 2.38. The van der Waals surface area contributed by atoms with E-state index in [1.54, 1.807) is 0 Å². The molecule has 0 N–H and O–H groups in total. The molecule has 0 amide bonds. The van der Waals surface area contributed by atoms with Crippen LogP contribution in [0.25, 0.3) is 0 Å². The molecule has 0 spiro atoms. The number of hydrogen-bond acceptors (Lipinski definition) is 3. The number of carbonyl (C=O) groups is 1. The topological polar surface area (TPSA) is 29.5 Å². The first kappa shape index (κ1) is 15.7. The normalized spacial score (nSPS) is 11.1. The SMILES string of the molecule is COC(=O)CCN(C)Cc1cc(C(C)C)ccc1C. The van der Waals surface area contributed by atoms with Gasteiger partial charge in [-0.15, -0.1) is 0 Å². The van der Waals surface area contributed by atoms with Crippen LogP contribution in [-0.4, -0.2) is 31.6 Å². The van der Waals surface area contributed by atoms with Crippen molar-refractivity contribution in [2.45, 2.75) is 39.7 Å². The van der Waals surface area contributed by atoms with Crippen molar-refractivity contribution >= 4 is 5.97 Å². The molecule has 0 saturated heterocycles. The lowest BCUT2D eigenvalue weighted by Gasteiger charge is -2.19. The minimum Gasteiger partial charge on any atom is -0.469 e. The Hall–Kier alpha value is -1.35. The maximum Gasteiger partial charge on any atom is 0.306 e. The molecule has 1 rings (SSSR count). The van der Waals surface area contributed by atoms with Crippen LogP contribution >= 0.6 is 0 Å². The molecule has 1 aromatic carbocycles. The maximum absolute atomic E-state index is 11.1. The first-order chi connectivity index (χ1) is 8.93. The van der Waals surface area contributed by atoms with Crippen molar-refractivity contribution in [1.82, 2.24) is 4.90 Å². The van der Waals surface area contributed by atoms with Gasteiger partial charge in [0.25, 0.3) is 0 Å². The molecule has 0 aliphatic rings. The number of ether oxygens (including phenoxy) is 1. The summed E-state index contributed by atoms with van der Waals surface area (Å²) in [5, 5.41) is 0. The van der Waals surface area contributed by atoms with Crippen LogP contribution < -0.4 is 0 Å². The van der Waals surface area contributed by atoms with Gasteiger partial charge in [-0.3, -0.25) is 4.79 Å². The van der Waals surface area contributed by atoms with Crippen LogP contribution in [0.2, 0.25) is 0 Å². The van der Waals surface area contributed by atoms with Crippen molar-refractivity contribution in [2.24, 2.45) is 0 Å². The summed E-state index contributed by atoms with van der Waals surface area (Å²) >= 11 is 0. The second-order valence-electron chi connectivity index (χ2n) is 5.40. The van der Waals surface area contributed by atoms with Gasteiger partial charge in [0.2, 0.25) is 0 Å². The minimum atomic E-state index is -0.153. The zero-order valence-electron chi connectivity index (χ0n) is 12.7. The Morgan fingerprint density at radius 1 is 1.37 bits per heavy atom. The summed E-state index contributed by atoms with van der Waals surface area (Å²) in [6.45, 7) is 8.12. The van der Waals surface area contributed by atoms with Gasteiger partial charge in [-0.05, 0) is 36.6 Å². The molecule has 3 nitrogen and oxygen atoms in total. The van der Waals surface area contributed by atoms with Crippen molar-refractivity contribution in [3.63, 3.8) is 0 Å². The summed E-state index contributed by atoms with van der Waals surface area (Å²) in [6.07, 6.45) is 0.440. The van der Waals surface area contributed by atoms with Gasteiger partial charge in [-0.25, -0.2) is 0 Å². The number of hydrogen-bond donors (Lipinski definition) is 0. The lowest BCUT2D eigenvalue weighted by atomic mass is 9.97. The van der Waals surface area contributed by atoms with Crippen LogP contribution in [0.15, 0.2) is 18.2 Å². The van der Waals surface area contributed by atoms with Crippen molar-refractivity contribution in [3.05, 3.63) is 34.9 Å². The smallest absolute Gasteiger partial charge is 0.306 e. The number of nitrogens with zero attached hydrogens (tertiary/aromatic N) is 1. The molecule has 106 valence electrons. The van der Waals surface area contributed by atoms with E-state index >= 15 is 0 Å². The second-order valence-corrected chi connectivity index (χ2v) is 5.40. The van der Waals surface area contributed by atoms with E-state index in [0.717, 1.165) is 13.1 Å². The molecular formula is C16H25NO2. The second kappa shape index (κ2) is 7.29. The highest BCUT2D eigenvalue weighted by Gasteiger charge is 2.08. The molecule has 1 aromatic rings. The number of rotatable bonds is 6. The molecule has 0 aromatic heterocycles. The first-order valence-electron chi connectivity index (χ1n) is 6.78. The number of esters is 1. The van der Waals surface area contributed by atoms with Gasteiger partial charge in [0.05, 0.1) is 13.5 Å². The Kier molecular flexibility index (Phi) is 6.03. The molecule has 19 heavy (non-hydrogen) atoms. The van der Waals surface area contributed by atoms with E-state index in [1.165, 1.54) is 23.8 Å². The Morgan fingerprint density at radius 3 is 2.63 bits per heavy atom. The summed E-state index contributed by atoms with van der Waals surface area (Å²) in [5.74, 6) is 0.388. The molecule has 0 bridgehead atoms. The van der Waals surface area contributed by atoms with Crippen LogP contribution in [0.3, 0.4) is 0 Å². The van der Waals surface area contributed by atoms with Gasteiger partial charge in [0.15, 0.2) is 0 Å². The highest BCUT2D eigenvalue weighted by Crippen LogP contribution is 2.19. The van der Waals surface area contributed by atoms with E-state index in [9.17, 15) is 4.79 Å². The van der Waals surface area contributed by atoms with Crippen LogP contribution in [-0.2, 0) is 16.1 Å². The minimum absolute atomic E-state index is 0.153. The standard InChI is InChI=1S/C16H25NO2/c1-12(2)14-7-6-13(3)15(10-14)11-17(4)9-8-16(18)19-5/h6-7,10,12H,8-9,11H2,1-5H3. The zero-order valence-corrected chi connectivity index (χ0v) is 12.7. The fraction of sp³-hybridized carbons (Fsp3) is 0.562. The van der Waals surface area contributed by atoms with Gasteiger partial charge in [-0.2, -0.15) is 0 Å². The molecule has 0 atom stereocenters. The van der Waals surface area contributed by atoms with E-state index < -0.39 is 0 Å². The Morgan fingerprint density at radius 2 is 2.05 bits per heavy atom. The highest BCUT2D eigenvalue weighted by atomic mass is 16.5. The van der Waals surface area contributed by atoms with Gasteiger partial charge in [0.1, 0.15) is 0 Å². The van der Waals surface area contributed by atoms with Crippen LogP contribution in [0, 0.1) is 6.92 Å². The van der Waals surface area contributed by atoms with E-state index in [4.69, 9.17) is 0 Å². The average molecular weight is 263 g/mol. The predicted octanol–water partition coefficient (Wildman–Crippen LogP) is 3.11. The molecule has 0 radical (unpaired) electrons. The van der Waals surface area contributed by atoms with Gasteiger partial charge in [0, 0.05) is 13.1 Å². The van der Waals surface area contributed by atoms with E-state index in [0.29, 0.717) is 12.3 Å². The number of carbonyl (C=O) groups excluding carboxylic acids is 1. The van der Waals surface area contributed by atoms with Crippen molar-refractivity contribution in [2.75, 3.05) is 20.7 Å². The zero-order chi connectivity index (χ0) is 14.4. The largest absolute Gasteiger partial charge is 0.469 e. The van der Waals surface area contributed by atoms with Crippen molar-refractivity contribution < 1.29 is 9.53 Å². The quantitative estimate of drug-likeness (QED) is 0.739. The molecule has 3 heteroatoms. The summed E-state index contributed by atoms with van der Waals surface area (Å²) in [4.78, 5) is 13.3. The number of aryl methyl sites for hydroxylation is 1. The third-order valence-corrected chi connectivity index (χ3v) is 3.41. The number of methoxy groups -OCH3 is 1. The Balaban J connectivity index is 2.65. The highest BCUT2D eigenvalue weighted by molar-refractivity contribution is 5.69. The molecule has 0 saturated carbocycles. The predicted molar refractivity (Wildman–Crippen MR) is 78.2 cm³/mol. The summed E-state index contributed by atoms with van der Waals surface area (Å²) in [6, 6.07) is 6.64. The molecule has 0 heterocycles. The maximum atomic E-state index is 11.1. The fourth-order valence-corrected chi connectivity index (χ4v) is 1.97. The van der Waals surface area contributed by atoms with Gasteiger partial charge in [-0.1, -0.05) is 32.0 Å². The van der Waals surface area contributed by atoms with Crippen molar-refractivity contribution in [1.29, 1.82) is 0 Å². The van der Waals surface area contributed by atoms with E-state index in [1.807, 2.05) is 7.05 Å². The lowest BCUT2D eigenvalue weighted by Crippen LogP contribution is -2.22. The molecule has 0 unspecified atom stereocenters. The molecular weight excluding hydrogens is 238 g/mol. The summed E-state index contributed by atoms with van der Waals surface area (Å²) in [5.41, 5.74) is 4.00. The monoisotopic (exact) mass is 263 g/mol. The van der Waals surface area contributed by atoms with Gasteiger partial charge < -0.3 is 9.64 Å². The van der Waals surface area contributed by atoms with Crippen LogP contribution in [0.4, 0.5) is 0 Å². The molecule has 0 aliphatic carbocycles.